The van der Waals surface area contributed by atoms with Crippen molar-refractivity contribution in [1.82, 2.24) is 0 Å². The lowest BCUT2D eigenvalue weighted by Crippen LogP contribution is -2.15. The maximum absolute atomic E-state index is 10.9. The molecule has 1 aliphatic heterocycles. The van der Waals surface area contributed by atoms with Crippen molar-refractivity contribution in [3.63, 3.8) is 0 Å². The van der Waals surface area contributed by atoms with Gasteiger partial charge in [-0.15, -0.1) is 0 Å². The molecular weight excluding hydrogens is 270 g/mol. The maximum atomic E-state index is 10.9. The average Bonchev–Trinajstić information content (AvgIpc) is 2.63. The van der Waals surface area contributed by atoms with E-state index in [1.165, 1.54) is 5.56 Å². The fraction of sp³-hybridized carbons (Fsp3) is 0.417. The van der Waals surface area contributed by atoms with Crippen LogP contribution in [-0.2, 0) is 4.79 Å². The quantitative estimate of drug-likeness (QED) is 0.896. The molecule has 0 amide bonds. The van der Waals surface area contributed by atoms with E-state index in [1.54, 1.807) is 6.92 Å². The summed E-state index contributed by atoms with van der Waals surface area (Å²) in [5.74, 6) is -0.734. The van der Waals surface area contributed by atoms with Gasteiger partial charge < -0.3 is 10.4 Å². The molecule has 2 N–H and O–H groups in total. The van der Waals surface area contributed by atoms with Crippen LogP contribution in [0.3, 0.4) is 0 Å². The molecule has 0 saturated carbocycles. The van der Waals surface area contributed by atoms with Gasteiger partial charge in [0.15, 0.2) is 0 Å². The normalized spacial score (nSPS) is 20.0. The minimum atomic E-state index is -0.722. The molecule has 4 heteroatoms. The van der Waals surface area contributed by atoms with Crippen LogP contribution in [0.1, 0.15) is 24.8 Å². The largest absolute Gasteiger partial charge is 0.481 e. The van der Waals surface area contributed by atoms with E-state index < -0.39 is 5.97 Å². The summed E-state index contributed by atoms with van der Waals surface area (Å²) in [5.41, 5.74) is 2.34. The maximum Gasteiger partial charge on any atom is 0.306 e. The van der Waals surface area contributed by atoms with Crippen molar-refractivity contribution in [2.45, 2.75) is 19.3 Å². The Morgan fingerprint density at radius 2 is 2.44 bits per heavy atom. The molecule has 1 aromatic carbocycles. The Hall–Kier alpha value is -1.03. The highest BCUT2D eigenvalue weighted by Crippen LogP contribution is 2.40. The van der Waals surface area contributed by atoms with E-state index in [2.05, 4.69) is 21.2 Å². The third-order valence-corrected chi connectivity index (χ3v) is 3.75. The predicted molar refractivity (Wildman–Crippen MR) is 66.8 cm³/mol. The number of anilines is 1. The van der Waals surface area contributed by atoms with Crippen molar-refractivity contribution in [3.05, 3.63) is 28.2 Å². The molecule has 1 aromatic rings. The van der Waals surface area contributed by atoms with E-state index in [0.717, 1.165) is 16.7 Å². The highest BCUT2D eigenvalue weighted by Gasteiger charge is 2.27. The zero-order chi connectivity index (χ0) is 11.7. The molecule has 3 nitrogen and oxygen atoms in total. The molecule has 0 aromatic heterocycles. The molecule has 2 atom stereocenters. The van der Waals surface area contributed by atoms with E-state index in [0.29, 0.717) is 6.42 Å². The number of fused-ring (bicyclic) bond motifs is 1. The first-order chi connectivity index (χ1) is 7.59. The van der Waals surface area contributed by atoms with Crippen LogP contribution in [0.25, 0.3) is 0 Å². The first-order valence-electron chi connectivity index (χ1n) is 5.34. The number of halogens is 1. The second-order valence-electron chi connectivity index (χ2n) is 4.25. The summed E-state index contributed by atoms with van der Waals surface area (Å²) >= 11 is 3.53. The molecule has 1 aliphatic rings. The van der Waals surface area contributed by atoms with Gasteiger partial charge in [-0.2, -0.15) is 0 Å². The zero-order valence-electron chi connectivity index (χ0n) is 9.03. The van der Waals surface area contributed by atoms with Gasteiger partial charge in [0.1, 0.15) is 0 Å². The minimum absolute atomic E-state index is 0.289. The molecule has 0 spiro atoms. The number of nitrogens with one attached hydrogen (secondary N) is 1. The lowest BCUT2D eigenvalue weighted by Gasteiger charge is -2.14. The van der Waals surface area contributed by atoms with Crippen LogP contribution in [0.4, 0.5) is 5.69 Å². The minimum Gasteiger partial charge on any atom is -0.481 e. The second-order valence-corrected chi connectivity index (χ2v) is 5.11. The van der Waals surface area contributed by atoms with Crippen molar-refractivity contribution < 1.29 is 9.90 Å². The van der Waals surface area contributed by atoms with Crippen molar-refractivity contribution in [1.29, 1.82) is 0 Å². The Balaban J connectivity index is 2.20. The number of hydrogen-bond donors (Lipinski definition) is 2. The topological polar surface area (TPSA) is 49.3 Å². The molecule has 0 bridgehead atoms. The van der Waals surface area contributed by atoms with Gasteiger partial charge in [0.05, 0.1) is 5.92 Å². The fourth-order valence-electron chi connectivity index (χ4n) is 2.17. The van der Waals surface area contributed by atoms with Gasteiger partial charge >= 0.3 is 5.97 Å². The molecule has 0 aliphatic carbocycles. The van der Waals surface area contributed by atoms with Crippen molar-refractivity contribution in [3.8, 4) is 0 Å². The molecule has 86 valence electrons. The van der Waals surface area contributed by atoms with Crippen LogP contribution >= 0.6 is 15.9 Å². The summed E-state index contributed by atoms with van der Waals surface area (Å²) in [6.07, 6.45) is 0.679. The summed E-state index contributed by atoms with van der Waals surface area (Å²) in [5, 5.41) is 12.2. The van der Waals surface area contributed by atoms with Crippen LogP contribution in [0, 0.1) is 5.92 Å². The summed E-state index contributed by atoms with van der Waals surface area (Å²) in [6, 6.07) is 6.02. The van der Waals surface area contributed by atoms with Gasteiger partial charge in [-0.25, -0.2) is 0 Å². The standard InChI is InChI=1S/C12H14BrNO2/c1-7(12(15)16)5-8-6-14-10-4-2-3-9(13)11(8)10/h2-4,7-8,14H,5-6H2,1H3,(H,15,16). The lowest BCUT2D eigenvalue weighted by atomic mass is 9.91. The SMILES string of the molecule is CC(CC1CNc2cccc(Br)c21)C(=O)O. The summed E-state index contributed by atoms with van der Waals surface area (Å²) in [6.45, 7) is 2.59. The smallest absolute Gasteiger partial charge is 0.306 e. The van der Waals surface area contributed by atoms with Gasteiger partial charge in [-0.3, -0.25) is 4.79 Å². The number of benzene rings is 1. The Bertz CT molecular complexity index is 419. The summed E-state index contributed by atoms with van der Waals surface area (Å²) in [4.78, 5) is 10.9. The third-order valence-electron chi connectivity index (χ3n) is 3.06. The number of rotatable bonds is 3. The van der Waals surface area contributed by atoms with Crippen LogP contribution < -0.4 is 5.32 Å². The van der Waals surface area contributed by atoms with Crippen molar-refractivity contribution in [2.75, 3.05) is 11.9 Å². The van der Waals surface area contributed by atoms with E-state index in [4.69, 9.17) is 5.11 Å². The van der Waals surface area contributed by atoms with Gasteiger partial charge in [0.2, 0.25) is 0 Å². The number of carbonyl (C=O) groups is 1. The lowest BCUT2D eigenvalue weighted by molar-refractivity contribution is -0.141. The third kappa shape index (κ3) is 2.07. The van der Waals surface area contributed by atoms with E-state index >= 15 is 0 Å². The number of hydrogen-bond acceptors (Lipinski definition) is 2. The first kappa shape index (κ1) is 11.5. The second kappa shape index (κ2) is 4.45. The van der Waals surface area contributed by atoms with Crippen LogP contribution in [-0.4, -0.2) is 17.6 Å². The Morgan fingerprint density at radius 3 is 3.12 bits per heavy atom. The molecule has 16 heavy (non-hydrogen) atoms. The highest BCUT2D eigenvalue weighted by molar-refractivity contribution is 9.10. The summed E-state index contributed by atoms with van der Waals surface area (Å²) in [7, 11) is 0. The van der Waals surface area contributed by atoms with Crippen molar-refractivity contribution >= 4 is 27.6 Å². The number of aliphatic carboxylic acids is 1. The predicted octanol–water partition coefficient (Wildman–Crippen LogP) is 3.07. The number of carboxylic acids is 1. The van der Waals surface area contributed by atoms with Crippen LogP contribution in [0.5, 0.6) is 0 Å². The molecule has 0 saturated heterocycles. The summed E-state index contributed by atoms with van der Waals surface area (Å²) < 4.78 is 1.07. The monoisotopic (exact) mass is 283 g/mol. The van der Waals surface area contributed by atoms with Gasteiger partial charge in [-0.05, 0) is 24.1 Å². The van der Waals surface area contributed by atoms with E-state index in [1.807, 2.05) is 18.2 Å². The van der Waals surface area contributed by atoms with Gasteiger partial charge in [0.25, 0.3) is 0 Å². The number of carboxylic acid groups (broad SMARTS) is 1. The van der Waals surface area contributed by atoms with E-state index in [-0.39, 0.29) is 11.8 Å². The molecule has 2 rings (SSSR count). The van der Waals surface area contributed by atoms with E-state index in [9.17, 15) is 4.79 Å². The van der Waals surface area contributed by atoms with Crippen LogP contribution in [0.15, 0.2) is 22.7 Å². The molecule has 1 heterocycles. The van der Waals surface area contributed by atoms with Crippen molar-refractivity contribution in [2.24, 2.45) is 5.92 Å². The molecular formula is C12H14BrNO2. The van der Waals surface area contributed by atoms with Gasteiger partial charge in [0, 0.05) is 22.6 Å². The zero-order valence-corrected chi connectivity index (χ0v) is 10.6. The highest BCUT2D eigenvalue weighted by atomic mass is 79.9. The van der Waals surface area contributed by atoms with Crippen LogP contribution in [0.2, 0.25) is 0 Å². The Morgan fingerprint density at radius 1 is 1.69 bits per heavy atom. The van der Waals surface area contributed by atoms with Gasteiger partial charge in [-0.1, -0.05) is 28.9 Å². The molecule has 0 radical (unpaired) electrons. The Labute approximate surface area is 103 Å². The fourth-order valence-corrected chi connectivity index (χ4v) is 2.86. The average molecular weight is 284 g/mol. The molecule has 2 unspecified atom stereocenters. The molecule has 0 fully saturated rings. The Kier molecular flexibility index (Phi) is 3.19. The first-order valence-corrected chi connectivity index (χ1v) is 6.14.